The highest BCUT2D eigenvalue weighted by molar-refractivity contribution is 6.00. The van der Waals surface area contributed by atoms with Crippen molar-refractivity contribution < 1.29 is 18.4 Å². The maximum Gasteiger partial charge on any atom is 0.289 e. The van der Waals surface area contributed by atoms with Crippen LogP contribution in [0.2, 0.25) is 0 Å². The standard InChI is InChI=1S/C20H17F2N5O2/c21-13-3-1-2-11(8-13)9-17-25-18(27-26-17)20(29)23-15-7-5-12-4-6-14(22)10-16(12)24-19(15)28/h1-4,6,8,10,15H,5,7,9H2,(H,23,29)(H,24,28)(H,25,26,27)/t15-/m0/s1. The summed E-state index contributed by atoms with van der Waals surface area (Å²) in [6.45, 7) is 0. The highest BCUT2D eigenvalue weighted by Gasteiger charge is 2.26. The van der Waals surface area contributed by atoms with Crippen LogP contribution in [0.25, 0.3) is 0 Å². The summed E-state index contributed by atoms with van der Waals surface area (Å²) in [4.78, 5) is 27.7. The quantitative estimate of drug-likeness (QED) is 0.629. The van der Waals surface area contributed by atoms with Crippen molar-refractivity contribution >= 4 is 17.5 Å². The molecular formula is C20H17F2N5O2. The third-order valence-electron chi connectivity index (χ3n) is 4.66. The van der Waals surface area contributed by atoms with Crippen LogP contribution in [0.4, 0.5) is 14.5 Å². The molecule has 1 aliphatic heterocycles. The Morgan fingerprint density at radius 3 is 2.79 bits per heavy atom. The minimum atomic E-state index is -0.797. The number of benzene rings is 2. The lowest BCUT2D eigenvalue weighted by Gasteiger charge is -2.14. The Hall–Kier alpha value is -3.62. The highest BCUT2D eigenvalue weighted by atomic mass is 19.1. The predicted octanol–water partition coefficient (Wildman–Crippen LogP) is 2.36. The van der Waals surface area contributed by atoms with E-state index in [9.17, 15) is 18.4 Å². The lowest BCUT2D eigenvalue weighted by molar-refractivity contribution is -0.118. The number of amides is 2. The van der Waals surface area contributed by atoms with Crippen molar-refractivity contribution in [1.29, 1.82) is 0 Å². The largest absolute Gasteiger partial charge is 0.337 e. The molecule has 0 bridgehead atoms. The van der Waals surface area contributed by atoms with Gasteiger partial charge in [0.05, 0.1) is 0 Å². The average molecular weight is 397 g/mol. The molecular weight excluding hydrogens is 380 g/mol. The van der Waals surface area contributed by atoms with Gasteiger partial charge < -0.3 is 15.6 Å². The van der Waals surface area contributed by atoms with Crippen molar-refractivity contribution in [2.45, 2.75) is 25.3 Å². The zero-order valence-electron chi connectivity index (χ0n) is 15.2. The molecule has 0 radical (unpaired) electrons. The second-order valence-corrected chi connectivity index (χ2v) is 6.78. The van der Waals surface area contributed by atoms with E-state index in [1.807, 2.05) is 0 Å². The van der Waals surface area contributed by atoms with Crippen LogP contribution in [0, 0.1) is 11.6 Å². The van der Waals surface area contributed by atoms with Gasteiger partial charge in [0.2, 0.25) is 11.7 Å². The van der Waals surface area contributed by atoms with Crippen LogP contribution < -0.4 is 10.6 Å². The van der Waals surface area contributed by atoms with Gasteiger partial charge in [0, 0.05) is 12.1 Å². The molecule has 7 nitrogen and oxygen atoms in total. The molecule has 2 amide bonds. The van der Waals surface area contributed by atoms with Crippen molar-refractivity contribution in [3.05, 3.63) is 76.9 Å². The first-order chi connectivity index (χ1) is 14.0. The number of aryl methyl sites for hydroxylation is 1. The van der Waals surface area contributed by atoms with Gasteiger partial charge in [0.15, 0.2) is 0 Å². The normalized spacial score (nSPS) is 15.9. The minimum absolute atomic E-state index is 0.0444. The first-order valence-electron chi connectivity index (χ1n) is 9.04. The van der Waals surface area contributed by atoms with E-state index < -0.39 is 23.7 Å². The summed E-state index contributed by atoms with van der Waals surface area (Å²) in [5.74, 6) is -1.47. The van der Waals surface area contributed by atoms with E-state index in [0.717, 1.165) is 5.56 Å². The maximum absolute atomic E-state index is 13.4. The molecule has 0 aliphatic carbocycles. The molecule has 0 unspecified atom stereocenters. The molecule has 148 valence electrons. The molecule has 9 heteroatoms. The zero-order chi connectivity index (χ0) is 20.4. The number of fused-ring (bicyclic) bond motifs is 1. The molecule has 0 saturated heterocycles. The first kappa shape index (κ1) is 18.7. The number of aromatic amines is 1. The van der Waals surface area contributed by atoms with Crippen molar-refractivity contribution in [3.8, 4) is 0 Å². The number of H-pyrrole nitrogens is 1. The lowest BCUT2D eigenvalue weighted by atomic mass is 10.1. The summed E-state index contributed by atoms with van der Waals surface area (Å²) in [5.41, 5.74) is 1.89. The van der Waals surface area contributed by atoms with Gasteiger partial charge in [0.1, 0.15) is 23.5 Å². The van der Waals surface area contributed by atoms with Gasteiger partial charge in [-0.15, -0.1) is 10.2 Å². The summed E-state index contributed by atoms with van der Waals surface area (Å²) >= 11 is 0. The Morgan fingerprint density at radius 2 is 1.97 bits per heavy atom. The Labute approximate surface area is 164 Å². The molecule has 0 fully saturated rings. The summed E-state index contributed by atoms with van der Waals surface area (Å²) in [6, 6.07) is 9.45. The SMILES string of the molecule is O=C(N[C@H]1CCc2ccc(F)cc2NC1=O)c1nnc(Cc2cccc(F)c2)[nH]1. The number of aromatic nitrogens is 3. The van der Waals surface area contributed by atoms with E-state index in [4.69, 9.17) is 0 Å². The first-order valence-corrected chi connectivity index (χ1v) is 9.04. The van der Waals surface area contributed by atoms with Crippen LogP contribution in [0.5, 0.6) is 0 Å². The van der Waals surface area contributed by atoms with E-state index in [0.29, 0.717) is 29.9 Å². The van der Waals surface area contributed by atoms with Gasteiger partial charge in [-0.3, -0.25) is 9.59 Å². The smallest absolute Gasteiger partial charge is 0.289 e. The number of carbonyl (C=O) groups is 2. The Morgan fingerprint density at radius 1 is 1.14 bits per heavy atom. The van der Waals surface area contributed by atoms with E-state index in [2.05, 4.69) is 25.8 Å². The lowest BCUT2D eigenvalue weighted by Crippen LogP contribution is -2.43. The number of nitrogens with zero attached hydrogens (tertiary/aromatic N) is 2. The molecule has 29 heavy (non-hydrogen) atoms. The molecule has 0 spiro atoms. The molecule has 1 aliphatic rings. The Kier molecular flexibility index (Phi) is 5.03. The number of hydrogen-bond donors (Lipinski definition) is 3. The molecule has 2 aromatic carbocycles. The number of carbonyl (C=O) groups excluding carboxylic acids is 2. The summed E-state index contributed by atoms with van der Waals surface area (Å²) in [6.07, 6.45) is 1.14. The molecule has 0 saturated carbocycles. The van der Waals surface area contributed by atoms with Gasteiger partial charge in [-0.2, -0.15) is 0 Å². The molecule has 3 aromatic rings. The van der Waals surface area contributed by atoms with Gasteiger partial charge in [-0.1, -0.05) is 18.2 Å². The van der Waals surface area contributed by atoms with Crippen molar-refractivity contribution in [1.82, 2.24) is 20.5 Å². The van der Waals surface area contributed by atoms with E-state index in [1.165, 1.54) is 24.3 Å². The number of hydrogen-bond acceptors (Lipinski definition) is 4. The van der Waals surface area contributed by atoms with Crippen molar-refractivity contribution in [2.75, 3.05) is 5.32 Å². The van der Waals surface area contributed by atoms with E-state index in [-0.39, 0.29) is 18.1 Å². The van der Waals surface area contributed by atoms with Crippen LogP contribution in [0.1, 0.15) is 34.0 Å². The molecule has 1 aromatic heterocycles. The van der Waals surface area contributed by atoms with Crippen LogP contribution >= 0.6 is 0 Å². The van der Waals surface area contributed by atoms with Crippen LogP contribution in [-0.4, -0.2) is 33.0 Å². The molecule has 2 heterocycles. The van der Waals surface area contributed by atoms with Crippen molar-refractivity contribution in [3.63, 3.8) is 0 Å². The molecule has 1 atom stereocenters. The van der Waals surface area contributed by atoms with E-state index >= 15 is 0 Å². The predicted molar refractivity (Wildman–Crippen MR) is 100 cm³/mol. The third kappa shape index (κ3) is 4.29. The van der Waals surface area contributed by atoms with Crippen LogP contribution in [0.15, 0.2) is 42.5 Å². The number of anilines is 1. The van der Waals surface area contributed by atoms with Gasteiger partial charge in [-0.25, -0.2) is 8.78 Å². The number of rotatable bonds is 4. The minimum Gasteiger partial charge on any atom is -0.337 e. The van der Waals surface area contributed by atoms with Gasteiger partial charge in [-0.05, 0) is 48.2 Å². The maximum atomic E-state index is 13.4. The summed E-state index contributed by atoms with van der Waals surface area (Å²) in [7, 11) is 0. The second-order valence-electron chi connectivity index (χ2n) is 6.78. The summed E-state index contributed by atoms with van der Waals surface area (Å²) < 4.78 is 26.7. The van der Waals surface area contributed by atoms with Crippen molar-refractivity contribution in [2.24, 2.45) is 0 Å². The average Bonchev–Trinajstić information content (AvgIpc) is 3.08. The number of halogens is 2. The Balaban J connectivity index is 1.42. The summed E-state index contributed by atoms with van der Waals surface area (Å²) in [5, 5.41) is 13.0. The Bertz CT molecular complexity index is 1080. The highest BCUT2D eigenvalue weighted by Crippen LogP contribution is 2.23. The fourth-order valence-corrected chi connectivity index (χ4v) is 3.22. The van der Waals surface area contributed by atoms with Crippen LogP contribution in [-0.2, 0) is 17.6 Å². The van der Waals surface area contributed by atoms with Gasteiger partial charge >= 0.3 is 0 Å². The van der Waals surface area contributed by atoms with Crippen LogP contribution in [0.3, 0.4) is 0 Å². The number of nitrogens with one attached hydrogen (secondary N) is 3. The third-order valence-corrected chi connectivity index (χ3v) is 4.66. The van der Waals surface area contributed by atoms with E-state index in [1.54, 1.807) is 18.2 Å². The fourth-order valence-electron chi connectivity index (χ4n) is 3.22. The fraction of sp³-hybridized carbons (Fsp3) is 0.200. The monoisotopic (exact) mass is 397 g/mol. The second kappa shape index (κ2) is 7.78. The topological polar surface area (TPSA) is 99.8 Å². The zero-order valence-corrected chi connectivity index (χ0v) is 15.2. The van der Waals surface area contributed by atoms with Gasteiger partial charge in [0.25, 0.3) is 5.91 Å². The molecule has 3 N–H and O–H groups in total. The molecule has 4 rings (SSSR count).